The van der Waals surface area contributed by atoms with Gasteiger partial charge in [0.05, 0.1) is 30.5 Å². The summed E-state index contributed by atoms with van der Waals surface area (Å²) in [6, 6.07) is 10.1. The lowest BCUT2D eigenvalue weighted by atomic mass is 9.85. The molecular formula is C28H31BrF2N6O2. The van der Waals surface area contributed by atoms with Gasteiger partial charge in [-0.25, -0.2) is 18.3 Å². The minimum Gasteiger partial charge on any atom is -0.349 e. The smallest absolute Gasteiger partial charge is 0.319 e. The second kappa shape index (κ2) is 12.2. The number of halogens is 3. The van der Waals surface area contributed by atoms with Gasteiger partial charge in [-0.15, -0.1) is 5.10 Å². The summed E-state index contributed by atoms with van der Waals surface area (Å²) in [4.78, 5) is 25.3. The van der Waals surface area contributed by atoms with E-state index in [1.807, 2.05) is 6.07 Å². The van der Waals surface area contributed by atoms with Crippen molar-refractivity contribution in [2.45, 2.75) is 63.6 Å². The Balaban J connectivity index is 1.11. The van der Waals surface area contributed by atoms with Crippen LogP contribution in [-0.2, 0) is 11.3 Å². The molecule has 206 valence electrons. The summed E-state index contributed by atoms with van der Waals surface area (Å²) >= 11 is 3.37. The first-order valence-corrected chi connectivity index (χ1v) is 14.1. The van der Waals surface area contributed by atoms with Gasteiger partial charge < -0.3 is 16.0 Å². The molecule has 2 saturated carbocycles. The Morgan fingerprint density at radius 3 is 2.54 bits per heavy atom. The van der Waals surface area contributed by atoms with Crippen LogP contribution in [0.2, 0.25) is 0 Å². The fraction of sp³-hybridized carbons (Fsp3) is 0.429. The molecule has 0 spiro atoms. The van der Waals surface area contributed by atoms with Crippen molar-refractivity contribution in [3.63, 3.8) is 0 Å². The number of amides is 3. The first-order chi connectivity index (χ1) is 18.8. The van der Waals surface area contributed by atoms with Gasteiger partial charge in [0.2, 0.25) is 5.91 Å². The standard InChI is InChI=1S/C28H31BrF2N6O2/c29-20-12-19(13-21(30)14-20)26(11-17-5-6-17)33-27(38)18-7-9-23(10-8-18)37-16-22(35-36-37)15-32-28(39)34-25-4-2-1-3-24(25)31/h1-4,12-14,16-18,23,26H,5-11,15H2,(H,33,38)(H2,32,34,39). The molecule has 0 aliphatic heterocycles. The van der Waals surface area contributed by atoms with Crippen LogP contribution in [0, 0.1) is 23.5 Å². The highest BCUT2D eigenvalue weighted by Gasteiger charge is 2.32. The molecule has 8 nitrogen and oxygen atoms in total. The van der Waals surface area contributed by atoms with Gasteiger partial charge >= 0.3 is 6.03 Å². The predicted molar refractivity (Wildman–Crippen MR) is 146 cm³/mol. The molecule has 1 aromatic heterocycles. The number of para-hydroxylation sites is 1. The lowest BCUT2D eigenvalue weighted by Crippen LogP contribution is -2.36. The number of nitrogens with zero attached hydrogens (tertiary/aromatic N) is 3. The molecule has 0 saturated heterocycles. The van der Waals surface area contributed by atoms with Crippen molar-refractivity contribution in [2.75, 3.05) is 5.32 Å². The van der Waals surface area contributed by atoms with Gasteiger partial charge in [-0.05, 0) is 73.9 Å². The Morgan fingerprint density at radius 1 is 1.05 bits per heavy atom. The Kier molecular flexibility index (Phi) is 8.54. The van der Waals surface area contributed by atoms with E-state index in [2.05, 4.69) is 42.2 Å². The molecule has 0 bridgehead atoms. The van der Waals surface area contributed by atoms with E-state index in [1.165, 1.54) is 24.3 Å². The minimum absolute atomic E-state index is 0.0174. The van der Waals surface area contributed by atoms with E-state index in [4.69, 9.17) is 0 Å². The van der Waals surface area contributed by atoms with E-state index in [-0.39, 0.29) is 42.0 Å². The number of anilines is 1. The van der Waals surface area contributed by atoms with Crippen LogP contribution in [0.15, 0.2) is 53.1 Å². The topological polar surface area (TPSA) is 101 Å². The molecule has 2 aromatic carbocycles. The predicted octanol–water partition coefficient (Wildman–Crippen LogP) is 6.03. The number of hydrogen-bond donors (Lipinski definition) is 3. The van der Waals surface area contributed by atoms with E-state index in [1.54, 1.807) is 23.0 Å². The largest absolute Gasteiger partial charge is 0.349 e. The Bertz CT molecular complexity index is 1300. The van der Waals surface area contributed by atoms with Crippen molar-refractivity contribution in [2.24, 2.45) is 11.8 Å². The lowest BCUT2D eigenvalue weighted by Gasteiger charge is -2.29. The van der Waals surface area contributed by atoms with Crippen molar-refractivity contribution in [3.8, 4) is 0 Å². The number of urea groups is 1. The maximum Gasteiger partial charge on any atom is 0.319 e. The highest BCUT2D eigenvalue weighted by atomic mass is 79.9. The Hall–Kier alpha value is -3.34. The SMILES string of the molecule is O=C(NCc1cn(C2CCC(C(=O)NC(CC3CC3)c3cc(F)cc(Br)c3)CC2)nn1)Nc1ccccc1F. The zero-order valence-corrected chi connectivity index (χ0v) is 23.0. The van der Waals surface area contributed by atoms with Crippen molar-refractivity contribution < 1.29 is 18.4 Å². The summed E-state index contributed by atoms with van der Waals surface area (Å²) in [5.41, 5.74) is 1.48. The number of benzene rings is 2. The second-order valence-electron chi connectivity index (χ2n) is 10.4. The van der Waals surface area contributed by atoms with Crippen LogP contribution >= 0.6 is 15.9 Å². The highest BCUT2D eigenvalue weighted by molar-refractivity contribution is 9.10. The van der Waals surface area contributed by atoms with E-state index < -0.39 is 11.8 Å². The van der Waals surface area contributed by atoms with Crippen molar-refractivity contribution >= 4 is 33.6 Å². The maximum atomic E-state index is 14.0. The average molecular weight is 601 g/mol. The first kappa shape index (κ1) is 27.2. The normalized spacial score (nSPS) is 19.8. The molecular weight excluding hydrogens is 570 g/mol. The molecule has 0 radical (unpaired) electrons. The highest BCUT2D eigenvalue weighted by Crippen LogP contribution is 2.39. The minimum atomic E-state index is -0.535. The summed E-state index contributed by atoms with van der Waals surface area (Å²) in [5.74, 6) is -0.337. The summed E-state index contributed by atoms with van der Waals surface area (Å²) < 4.78 is 30.2. The fourth-order valence-corrected chi connectivity index (χ4v) is 5.59. The molecule has 1 unspecified atom stereocenters. The molecule has 2 aliphatic rings. The van der Waals surface area contributed by atoms with Gasteiger partial charge in [0.25, 0.3) is 0 Å². The van der Waals surface area contributed by atoms with E-state index in [9.17, 15) is 18.4 Å². The monoisotopic (exact) mass is 600 g/mol. The van der Waals surface area contributed by atoms with Crippen LogP contribution in [0.1, 0.15) is 68.3 Å². The van der Waals surface area contributed by atoms with Crippen LogP contribution < -0.4 is 16.0 Å². The van der Waals surface area contributed by atoms with Crippen molar-refractivity contribution in [1.82, 2.24) is 25.6 Å². The summed E-state index contributed by atoms with van der Waals surface area (Å²) in [6.45, 7) is 0.149. The van der Waals surface area contributed by atoms with Crippen LogP contribution in [-0.4, -0.2) is 26.9 Å². The number of carbonyl (C=O) groups is 2. The Morgan fingerprint density at radius 2 is 1.82 bits per heavy atom. The quantitative estimate of drug-likeness (QED) is 0.279. The molecule has 3 N–H and O–H groups in total. The fourth-order valence-electron chi connectivity index (χ4n) is 5.11. The molecule has 5 rings (SSSR count). The number of hydrogen-bond acceptors (Lipinski definition) is 4. The first-order valence-electron chi connectivity index (χ1n) is 13.3. The van der Waals surface area contributed by atoms with Crippen LogP contribution in [0.3, 0.4) is 0 Å². The van der Waals surface area contributed by atoms with Crippen LogP contribution in [0.25, 0.3) is 0 Å². The summed E-state index contributed by atoms with van der Waals surface area (Å²) in [5, 5.41) is 16.7. The van der Waals surface area contributed by atoms with Crippen molar-refractivity contribution in [1.29, 1.82) is 0 Å². The molecule has 3 amide bonds. The summed E-state index contributed by atoms with van der Waals surface area (Å²) in [7, 11) is 0. The van der Waals surface area contributed by atoms with E-state index in [0.717, 1.165) is 50.5 Å². The average Bonchev–Trinajstić information content (AvgIpc) is 3.61. The molecule has 2 fully saturated rings. The van der Waals surface area contributed by atoms with Crippen LogP contribution in [0.4, 0.5) is 19.3 Å². The second-order valence-corrected chi connectivity index (χ2v) is 11.3. The molecule has 11 heteroatoms. The number of nitrogens with one attached hydrogen (secondary N) is 3. The third-order valence-electron chi connectivity index (χ3n) is 7.42. The van der Waals surface area contributed by atoms with E-state index >= 15 is 0 Å². The van der Waals surface area contributed by atoms with Crippen molar-refractivity contribution in [3.05, 3.63) is 76.0 Å². The number of rotatable bonds is 9. The molecule has 39 heavy (non-hydrogen) atoms. The van der Waals surface area contributed by atoms with Gasteiger partial charge in [-0.1, -0.05) is 46.1 Å². The maximum absolute atomic E-state index is 14.0. The third-order valence-corrected chi connectivity index (χ3v) is 7.88. The van der Waals surface area contributed by atoms with Crippen LogP contribution in [0.5, 0.6) is 0 Å². The molecule has 1 atom stereocenters. The molecule has 3 aromatic rings. The van der Waals surface area contributed by atoms with E-state index in [0.29, 0.717) is 16.1 Å². The van der Waals surface area contributed by atoms with Gasteiger partial charge in [0.1, 0.15) is 17.3 Å². The van der Waals surface area contributed by atoms with Gasteiger partial charge in [0.15, 0.2) is 0 Å². The molecule has 1 heterocycles. The Labute approximate surface area is 234 Å². The van der Waals surface area contributed by atoms with Gasteiger partial charge in [-0.2, -0.15) is 0 Å². The lowest BCUT2D eigenvalue weighted by molar-refractivity contribution is -0.127. The number of aromatic nitrogens is 3. The van der Waals surface area contributed by atoms with Gasteiger partial charge in [0, 0.05) is 10.4 Å². The zero-order valence-electron chi connectivity index (χ0n) is 21.4. The third kappa shape index (κ3) is 7.40. The molecule has 2 aliphatic carbocycles. The van der Waals surface area contributed by atoms with Gasteiger partial charge in [-0.3, -0.25) is 4.79 Å². The zero-order chi connectivity index (χ0) is 27.4. The summed E-state index contributed by atoms with van der Waals surface area (Å²) in [6.07, 6.45) is 7.92. The number of carbonyl (C=O) groups excluding carboxylic acids is 2.